The van der Waals surface area contributed by atoms with E-state index in [2.05, 4.69) is 21.6 Å². The van der Waals surface area contributed by atoms with Gasteiger partial charge in [-0.2, -0.15) is 0 Å². The van der Waals surface area contributed by atoms with Gasteiger partial charge in [0.15, 0.2) is 0 Å². The van der Waals surface area contributed by atoms with E-state index in [0.717, 1.165) is 55.7 Å². The number of primary amides is 1. The van der Waals surface area contributed by atoms with Crippen LogP contribution in [-0.4, -0.2) is 54.0 Å². The van der Waals surface area contributed by atoms with E-state index in [9.17, 15) is 9.59 Å². The van der Waals surface area contributed by atoms with Crippen LogP contribution >= 0.6 is 0 Å². The monoisotopic (exact) mass is 357 g/mol. The normalized spacial score (nSPS) is 15.3. The summed E-state index contributed by atoms with van der Waals surface area (Å²) in [6.07, 6.45) is 0.992. The Balaban J connectivity index is 1.58. The maximum Gasteiger partial charge on any atom is 0.237 e. The lowest BCUT2D eigenvalue weighted by atomic mass is 10.1. The maximum absolute atomic E-state index is 11.4. The molecule has 0 saturated carbocycles. The largest absolute Gasteiger partial charge is 0.368 e. The van der Waals surface area contributed by atoms with E-state index in [1.54, 1.807) is 0 Å². The predicted octanol–water partition coefficient (Wildman–Crippen LogP) is 0.347. The summed E-state index contributed by atoms with van der Waals surface area (Å²) in [5.41, 5.74) is 8.73. The summed E-state index contributed by atoms with van der Waals surface area (Å²) in [4.78, 5) is 25.0. The first-order valence-electron chi connectivity index (χ1n) is 9.11. The third kappa shape index (κ3) is 4.23. The minimum Gasteiger partial charge on any atom is -0.368 e. The van der Waals surface area contributed by atoms with Gasteiger partial charge in [-0.15, -0.1) is 0 Å². The number of rotatable bonds is 8. The molecular formula is C19H27N5O2. The Morgan fingerprint density at radius 3 is 2.92 bits per heavy atom. The van der Waals surface area contributed by atoms with Gasteiger partial charge in [0.25, 0.3) is 0 Å². The third-order valence-electron chi connectivity index (χ3n) is 4.92. The molecule has 2 heterocycles. The fraction of sp³-hybridized carbons (Fsp3) is 0.474. The van der Waals surface area contributed by atoms with Crippen LogP contribution in [0.1, 0.15) is 17.7 Å². The van der Waals surface area contributed by atoms with Gasteiger partial charge in [-0.3, -0.25) is 14.5 Å². The molecule has 1 saturated heterocycles. The van der Waals surface area contributed by atoms with E-state index in [1.165, 1.54) is 5.56 Å². The van der Waals surface area contributed by atoms with Gasteiger partial charge >= 0.3 is 0 Å². The maximum atomic E-state index is 11.4. The van der Waals surface area contributed by atoms with Gasteiger partial charge in [-0.1, -0.05) is 18.2 Å². The molecule has 2 amide bonds. The zero-order valence-electron chi connectivity index (χ0n) is 15.3. The number of hydrogen-bond acceptors (Lipinski definition) is 4. The molecule has 26 heavy (non-hydrogen) atoms. The fourth-order valence-corrected chi connectivity index (χ4v) is 3.61. The lowest BCUT2D eigenvalue weighted by molar-refractivity contribution is -0.124. The quantitative estimate of drug-likeness (QED) is 0.594. The fourth-order valence-electron chi connectivity index (χ4n) is 3.61. The van der Waals surface area contributed by atoms with Crippen LogP contribution in [0.3, 0.4) is 0 Å². The Labute approximate surface area is 153 Å². The zero-order valence-corrected chi connectivity index (χ0v) is 15.3. The van der Waals surface area contributed by atoms with Crippen molar-refractivity contribution < 1.29 is 9.59 Å². The first-order chi connectivity index (χ1) is 12.6. The van der Waals surface area contributed by atoms with Gasteiger partial charge in [0.2, 0.25) is 11.8 Å². The summed E-state index contributed by atoms with van der Waals surface area (Å²) in [7, 11) is 0. The van der Waals surface area contributed by atoms with Crippen molar-refractivity contribution in [3.8, 4) is 0 Å². The Bertz CT molecular complexity index is 799. The number of nitrogens with zero attached hydrogens (tertiary/aromatic N) is 2. The first-order valence-corrected chi connectivity index (χ1v) is 9.11. The molecule has 1 aromatic heterocycles. The van der Waals surface area contributed by atoms with Crippen molar-refractivity contribution >= 4 is 22.7 Å². The van der Waals surface area contributed by atoms with Gasteiger partial charge in [0.1, 0.15) is 6.54 Å². The molecule has 140 valence electrons. The SMILES string of the molecule is Cc1c(CNCCCN2CCNC(=O)C2)c2ccccc2n1CC(N)=O. The molecule has 0 aliphatic carbocycles. The van der Waals surface area contributed by atoms with Crippen molar-refractivity contribution in [2.45, 2.75) is 26.4 Å². The van der Waals surface area contributed by atoms with Crippen molar-refractivity contribution in [2.75, 3.05) is 32.7 Å². The Morgan fingerprint density at radius 1 is 1.35 bits per heavy atom. The molecule has 4 N–H and O–H groups in total. The lowest BCUT2D eigenvalue weighted by Gasteiger charge is -2.26. The Kier molecular flexibility index (Phi) is 5.90. The highest BCUT2D eigenvalue weighted by Gasteiger charge is 2.16. The van der Waals surface area contributed by atoms with Crippen LogP contribution in [-0.2, 0) is 22.7 Å². The van der Waals surface area contributed by atoms with E-state index in [4.69, 9.17) is 5.73 Å². The molecule has 0 spiro atoms. The molecule has 1 aliphatic rings. The van der Waals surface area contributed by atoms with Gasteiger partial charge < -0.3 is 20.9 Å². The molecule has 1 aromatic carbocycles. The standard InChI is InChI=1S/C19H27N5O2/c1-14-16(11-21-7-4-9-23-10-8-22-19(26)13-23)15-5-2-3-6-17(15)24(14)12-18(20)25/h2-3,5-6,21H,4,7-13H2,1H3,(H2,20,25)(H,22,26). The van der Waals surface area contributed by atoms with Crippen molar-refractivity contribution in [1.82, 2.24) is 20.1 Å². The second-order valence-electron chi connectivity index (χ2n) is 6.79. The first kappa shape index (κ1) is 18.4. The molecule has 1 aliphatic heterocycles. The predicted molar refractivity (Wildman–Crippen MR) is 102 cm³/mol. The summed E-state index contributed by atoms with van der Waals surface area (Å²) in [5, 5.41) is 7.50. The molecule has 0 unspecified atom stereocenters. The second-order valence-corrected chi connectivity index (χ2v) is 6.79. The van der Waals surface area contributed by atoms with E-state index >= 15 is 0 Å². The van der Waals surface area contributed by atoms with Gasteiger partial charge in [-0.25, -0.2) is 0 Å². The van der Waals surface area contributed by atoms with E-state index in [0.29, 0.717) is 6.54 Å². The Hall–Kier alpha value is -2.38. The molecule has 3 rings (SSSR count). The number of benzene rings is 1. The summed E-state index contributed by atoms with van der Waals surface area (Å²) in [6.45, 7) is 6.94. The molecule has 0 bridgehead atoms. The van der Waals surface area contributed by atoms with Crippen LogP contribution in [0.4, 0.5) is 0 Å². The third-order valence-corrected chi connectivity index (χ3v) is 4.92. The molecular weight excluding hydrogens is 330 g/mol. The van der Waals surface area contributed by atoms with Crippen molar-refractivity contribution in [3.05, 3.63) is 35.5 Å². The van der Waals surface area contributed by atoms with Crippen LogP contribution in [0.5, 0.6) is 0 Å². The van der Waals surface area contributed by atoms with Gasteiger partial charge in [0.05, 0.1) is 6.54 Å². The lowest BCUT2D eigenvalue weighted by Crippen LogP contribution is -2.48. The van der Waals surface area contributed by atoms with Gasteiger partial charge in [0, 0.05) is 36.2 Å². The van der Waals surface area contributed by atoms with Crippen LogP contribution in [0.25, 0.3) is 10.9 Å². The highest BCUT2D eigenvalue weighted by Crippen LogP contribution is 2.25. The van der Waals surface area contributed by atoms with Crippen molar-refractivity contribution in [1.29, 1.82) is 0 Å². The zero-order chi connectivity index (χ0) is 18.5. The number of nitrogens with two attached hydrogens (primary N) is 1. The van der Waals surface area contributed by atoms with Gasteiger partial charge in [-0.05, 0) is 38.1 Å². The number of aromatic nitrogens is 1. The number of carbonyl (C=O) groups excluding carboxylic acids is 2. The number of carbonyl (C=O) groups is 2. The van der Waals surface area contributed by atoms with E-state index in [1.807, 2.05) is 29.7 Å². The number of hydrogen-bond donors (Lipinski definition) is 3. The van der Waals surface area contributed by atoms with Crippen molar-refractivity contribution in [3.63, 3.8) is 0 Å². The molecule has 0 radical (unpaired) electrons. The second kappa shape index (κ2) is 8.33. The number of para-hydroxylation sites is 1. The number of fused-ring (bicyclic) bond motifs is 1. The Morgan fingerprint density at radius 2 is 2.15 bits per heavy atom. The van der Waals surface area contributed by atoms with Crippen LogP contribution in [0.15, 0.2) is 24.3 Å². The summed E-state index contributed by atoms with van der Waals surface area (Å²) < 4.78 is 1.99. The topological polar surface area (TPSA) is 92.4 Å². The van der Waals surface area contributed by atoms with E-state index in [-0.39, 0.29) is 18.4 Å². The summed E-state index contributed by atoms with van der Waals surface area (Å²) in [5.74, 6) is -0.221. The minimum atomic E-state index is -0.334. The number of nitrogens with one attached hydrogen (secondary N) is 2. The molecule has 7 heteroatoms. The van der Waals surface area contributed by atoms with Crippen LogP contribution in [0, 0.1) is 6.92 Å². The van der Waals surface area contributed by atoms with E-state index < -0.39 is 0 Å². The number of piperazine rings is 1. The van der Waals surface area contributed by atoms with Crippen molar-refractivity contribution in [2.24, 2.45) is 5.73 Å². The molecule has 2 aromatic rings. The smallest absolute Gasteiger partial charge is 0.237 e. The summed E-state index contributed by atoms with van der Waals surface area (Å²) in [6, 6.07) is 8.10. The highest BCUT2D eigenvalue weighted by molar-refractivity contribution is 5.87. The summed E-state index contributed by atoms with van der Waals surface area (Å²) >= 11 is 0. The highest BCUT2D eigenvalue weighted by atomic mass is 16.2. The minimum absolute atomic E-state index is 0.113. The van der Waals surface area contributed by atoms with Crippen LogP contribution < -0.4 is 16.4 Å². The van der Waals surface area contributed by atoms with Crippen LogP contribution in [0.2, 0.25) is 0 Å². The average molecular weight is 357 g/mol. The molecule has 0 atom stereocenters. The number of amides is 2. The molecule has 7 nitrogen and oxygen atoms in total. The average Bonchev–Trinajstić information content (AvgIpc) is 2.87. The molecule has 1 fully saturated rings.